The van der Waals surface area contributed by atoms with E-state index in [-0.39, 0.29) is 17.2 Å². The van der Waals surface area contributed by atoms with E-state index in [9.17, 15) is 30.4 Å². The summed E-state index contributed by atoms with van der Waals surface area (Å²) in [6.45, 7) is 5.30. The number of hydrazone groups is 1. The molecule has 0 bridgehead atoms. The minimum absolute atomic E-state index is 0.00580. The molecule has 0 fully saturated rings. The Kier molecular flexibility index (Phi) is 5.32. The number of aliphatic hydroxyl groups is 1. The van der Waals surface area contributed by atoms with E-state index in [2.05, 4.69) is 17.1 Å². The number of hydrogen-bond acceptors (Lipinski definition) is 8. The first kappa shape index (κ1) is 20.3. The van der Waals surface area contributed by atoms with Gasteiger partial charge in [-0.05, 0) is 48.4 Å². The first-order valence-electron chi connectivity index (χ1n) is 8.57. The van der Waals surface area contributed by atoms with E-state index in [0.717, 1.165) is 23.3 Å². The van der Waals surface area contributed by atoms with Crippen LogP contribution in [-0.4, -0.2) is 25.8 Å². The number of nitrogens with zero attached hydrogens (tertiary/aromatic N) is 3. The Hall–Kier alpha value is -4.47. The maximum atomic E-state index is 11.3. The molecule has 0 radical (unpaired) electrons. The van der Waals surface area contributed by atoms with Gasteiger partial charge in [0.05, 0.1) is 21.6 Å². The average Bonchev–Trinajstić information content (AvgIpc) is 2.96. The molecular weight excluding hydrogens is 392 g/mol. The van der Waals surface area contributed by atoms with E-state index >= 15 is 0 Å². The number of fused-ring (bicyclic) bond motifs is 1. The van der Waals surface area contributed by atoms with Crippen molar-refractivity contribution in [3.8, 4) is 5.75 Å². The van der Waals surface area contributed by atoms with Gasteiger partial charge >= 0.3 is 5.69 Å². The minimum Gasteiger partial charge on any atom is -0.508 e. The van der Waals surface area contributed by atoms with Crippen molar-refractivity contribution in [2.24, 2.45) is 5.10 Å². The van der Waals surface area contributed by atoms with E-state index in [0.29, 0.717) is 16.8 Å². The van der Waals surface area contributed by atoms with Gasteiger partial charge in [0.25, 0.3) is 5.69 Å². The van der Waals surface area contributed by atoms with Crippen LogP contribution in [0.4, 0.5) is 17.1 Å². The lowest BCUT2D eigenvalue weighted by molar-refractivity contribution is -0.393. The van der Waals surface area contributed by atoms with Crippen LogP contribution in [0.1, 0.15) is 18.1 Å². The molecule has 152 valence electrons. The minimum atomic E-state index is -0.755. The second kappa shape index (κ2) is 7.87. The highest BCUT2D eigenvalue weighted by molar-refractivity contribution is 6.25. The second-order valence-corrected chi connectivity index (χ2v) is 6.33. The summed E-state index contributed by atoms with van der Waals surface area (Å²) in [6, 6.07) is 7.82. The zero-order chi connectivity index (χ0) is 22.0. The van der Waals surface area contributed by atoms with Crippen LogP contribution >= 0.6 is 0 Å². The van der Waals surface area contributed by atoms with Crippen molar-refractivity contribution < 1.29 is 20.1 Å². The fraction of sp³-hybridized carbons (Fsp3) is 0.0500. The number of benzene rings is 2. The number of anilines is 1. The van der Waals surface area contributed by atoms with E-state index in [1.54, 1.807) is 13.0 Å². The number of nitro groups is 2. The normalized spacial score (nSPS) is 14.6. The lowest BCUT2D eigenvalue weighted by Crippen LogP contribution is -2.06. The second-order valence-electron chi connectivity index (χ2n) is 6.33. The summed E-state index contributed by atoms with van der Waals surface area (Å²) in [4.78, 5) is 20.8. The molecule has 0 saturated carbocycles. The number of aliphatic hydroxyl groups excluding tert-OH is 1. The Bertz CT molecular complexity index is 1180. The molecule has 0 spiro atoms. The molecule has 30 heavy (non-hydrogen) atoms. The van der Waals surface area contributed by atoms with Crippen molar-refractivity contribution in [1.29, 1.82) is 0 Å². The van der Waals surface area contributed by atoms with Crippen molar-refractivity contribution in [2.45, 2.75) is 6.92 Å². The van der Waals surface area contributed by atoms with Crippen molar-refractivity contribution in [2.75, 3.05) is 5.43 Å². The number of rotatable bonds is 6. The van der Waals surface area contributed by atoms with E-state index in [1.165, 1.54) is 30.4 Å². The molecule has 2 aromatic carbocycles. The van der Waals surface area contributed by atoms with Gasteiger partial charge in [0, 0.05) is 17.2 Å². The smallest absolute Gasteiger partial charge is 0.301 e. The third kappa shape index (κ3) is 3.74. The molecule has 0 heterocycles. The number of nitrogens with one attached hydrogen (secondary N) is 1. The number of hydrogen-bond donors (Lipinski definition) is 3. The SMILES string of the molecule is C=C/C(O)=C\C1=C(C)c2ccc(O)cc2/C1=N/Nc1ccc([N+](=O)[O-])cc1[N+](=O)[O-]. The highest BCUT2D eigenvalue weighted by atomic mass is 16.6. The standard InChI is InChI=1S/C20H16N4O6/c1-3-13(25)9-16-11(2)15-6-5-14(26)10-17(15)20(16)22-21-18-7-4-12(23(27)28)8-19(18)24(29)30/h3-10,21,25-26H,1H2,2H3/b13-9+,22-20+. The lowest BCUT2D eigenvalue weighted by atomic mass is 10.1. The summed E-state index contributed by atoms with van der Waals surface area (Å²) >= 11 is 0. The number of phenols is 1. The van der Waals surface area contributed by atoms with Crippen LogP contribution in [0, 0.1) is 20.2 Å². The first-order valence-corrected chi connectivity index (χ1v) is 8.57. The summed E-state index contributed by atoms with van der Waals surface area (Å²) in [5.74, 6) is -0.121. The Balaban J connectivity index is 2.11. The summed E-state index contributed by atoms with van der Waals surface area (Å²) in [7, 11) is 0. The van der Waals surface area contributed by atoms with Gasteiger partial charge in [-0.3, -0.25) is 25.7 Å². The summed E-state index contributed by atoms with van der Waals surface area (Å²) in [5, 5.41) is 46.3. The molecule has 3 N–H and O–H groups in total. The van der Waals surface area contributed by atoms with Gasteiger partial charge in [-0.15, -0.1) is 0 Å². The van der Waals surface area contributed by atoms with Gasteiger partial charge in [-0.1, -0.05) is 12.6 Å². The Morgan fingerprint density at radius 2 is 1.87 bits per heavy atom. The summed E-state index contributed by atoms with van der Waals surface area (Å²) < 4.78 is 0. The van der Waals surface area contributed by atoms with Crippen LogP contribution in [0.3, 0.4) is 0 Å². The van der Waals surface area contributed by atoms with Crippen molar-refractivity contribution in [3.05, 3.63) is 97.8 Å². The fourth-order valence-corrected chi connectivity index (χ4v) is 3.02. The predicted octanol–water partition coefficient (Wildman–Crippen LogP) is 4.44. The number of phenolic OH excluding ortho intramolecular Hbond substituents is 1. The molecule has 3 rings (SSSR count). The topological polar surface area (TPSA) is 151 Å². The van der Waals surface area contributed by atoms with Crippen LogP contribution in [0.5, 0.6) is 5.75 Å². The molecule has 0 saturated heterocycles. The van der Waals surface area contributed by atoms with Crippen LogP contribution in [-0.2, 0) is 0 Å². The molecular formula is C20H16N4O6. The van der Waals surface area contributed by atoms with Crippen molar-refractivity contribution in [1.82, 2.24) is 0 Å². The summed E-state index contributed by atoms with van der Waals surface area (Å²) in [6.07, 6.45) is 2.68. The zero-order valence-corrected chi connectivity index (χ0v) is 15.7. The summed E-state index contributed by atoms with van der Waals surface area (Å²) in [5.41, 5.74) is 4.48. The van der Waals surface area contributed by atoms with Crippen LogP contribution in [0.15, 0.2) is 71.6 Å². The average molecular weight is 408 g/mol. The van der Waals surface area contributed by atoms with Gasteiger partial charge < -0.3 is 10.2 Å². The zero-order valence-electron chi connectivity index (χ0n) is 15.7. The number of nitro benzene ring substituents is 2. The number of non-ortho nitro benzene ring substituents is 1. The first-order chi connectivity index (χ1) is 14.2. The predicted molar refractivity (Wildman–Crippen MR) is 112 cm³/mol. The Morgan fingerprint density at radius 3 is 2.50 bits per heavy atom. The van der Waals surface area contributed by atoms with Gasteiger partial charge in [0.1, 0.15) is 17.2 Å². The number of allylic oxidation sites excluding steroid dienone is 4. The maximum Gasteiger partial charge on any atom is 0.301 e. The molecule has 1 aliphatic carbocycles. The molecule has 0 aliphatic heterocycles. The van der Waals surface area contributed by atoms with E-state index < -0.39 is 21.2 Å². The molecule has 0 unspecified atom stereocenters. The molecule has 0 amide bonds. The van der Waals surface area contributed by atoms with Crippen LogP contribution < -0.4 is 5.43 Å². The molecule has 1 aliphatic rings. The van der Waals surface area contributed by atoms with Gasteiger partial charge in [0.2, 0.25) is 0 Å². The molecule has 10 heteroatoms. The quantitative estimate of drug-likeness (QED) is 0.276. The maximum absolute atomic E-state index is 11.3. The van der Waals surface area contributed by atoms with Crippen molar-refractivity contribution in [3.63, 3.8) is 0 Å². The monoisotopic (exact) mass is 408 g/mol. The molecule has 2 aromatic rings. The molecule has 10 nitrogen and oxygen atoms in total. The number of aromatic hydroxyl groups is 1. The van der Waals surface area contributed by atoms with Gasteiger partial charge in [0.15, 0.2) is 0 Å². The van der Waals surface area contributed by atoms with Crippen molar-refractivity contribution >= 4 is 28.3 Å². The fourth-order valence-electron chi connectivity index (χ4n) is 3.02. The van der Waals surface area contributed by atoms with E-state index in [4.69, 9.17) is 0 Å². The lowest BCUT2D eigenvalue weighted by Gasteiger charge is -2.07. The Morgan fingerprint density at radius 1 is 1.13 bits per heavy atom. The van der Waals surface area contributed by atoms with Crippen LogP contribution in [0.25, 0.3) is 5.57 Å². The van der Waals surface area contributed by atoms with Gasteiger partial charge in [-0.2, -0.15) is 5.10 Å². The highest BCUT2D eigenvalue weighted by Crippen LogP contribution is 2.37. The van der Waals surface area contributed by atoms with Crippen LogP contribution in [0.2, 0.25) is 0 Å². The molecule has 0 aromatic heterocycles. The largest absolute Gasteiger partial charge is 0.508 e. The third-order valence-corrected chi connectivity index (χ3v) is 4.50. The highest BCUT2D eigenvalue weighted by Gasteiger charge is 2.26. The van der Waals surface area contributed by atoms with E-state index in [1.807, 2.05) is 0 Å². The Labute approximate surface area is 170 Å². The van der Waals surface area contributed by atoms with Gasteiger partial charge in [-0.25, -0.2) is 0 Å². The molecule has 0 atom stereocenters. The third-order valence-electron chi connectivity index (χ3n) is 4.50.